The Morgan fingerprint density at radius 1 is 1.25 bits per heavy atom. The monoisotopic (exact) mass is 235 g/mol. The Labute approximate surface area is 103 Å². The molecule has 0 aliphatic heterocycles. The molecule has 1 saturated carbocycles. The van der Waals surface area contributed by atoms with E-state index in [0.717, 1.165) is 13.1 Å². The fourth-order valence-electron chi connectivity index (χ4n) is 2.14. The van der Waals surface area contributed by atoms with Crippen molar-refractivity contribution in [2.24, 2.45) is 0 Å². The fraction of sp³-hybridized carbons (Fsp3) is 0.571. The highest BCUT2D eigenvalue weighted by atomic mass is 32.2. The molecule has 0 saturated heterocycles. The maximum Gasteiger partial charge on any atom is 0.0282 e. The Morgan fingerprint density at radius 2 is 1.88 bits per heavy atom. The predicted molar refractivity (Wildman–Crippen MR) is 73.1 cm³/mol. The normalized spacial score (nSPS) is 17.4. The van der Waals surface area contributed by atoms with Gasteiger partial charge in [-0.3, -0.25) is 0 Å². The highest BCUT2D eigenvalue weighted by Gasteiger charge is 2.41. The molecule has 0 unspecified atom stereocenters. The molecule has 0 heterocycles. The van der Waals surface area contributed by atoms with E-state index in [2.05, 4.69) is 43.6 Å². The second kappa shape index (κ2) is 4.80. The second-order valence-corrected chi connectivity index (χ2v) is 6.14. The van der Waals surface area contributed by atoms with Gasteiger partial charge in [-0.1, -0.05) is 18.2 Å². The van der Waals surface area contributed by atoms with E-state index < -0.39 is 0 Å². The number of thioether (sulfide) groups is 1. The van der Waals surface area contributed by atoms with Crippen molar-refractivity contribution in [2.75, 3.05) is 12.8 Å². The number of nitrogens with one attached hydrogen (secondary N) is 1. The van der Waals surface area contributed by atoms with Gasteiger partial charge in [-0.2, -0.15) is 11.8 Å². The molecule has 0 radical (unpaired) electrons. The third kappa shape index (κ3) is 2.61. The van der Waals surface area contributed by atoms with Gasteiger partial charge in [0.25, 0.3) is 0 Å². The standard InChI is InChI=1S/C14H21NS/c1-11-5-4-6-12(2)13(11)9-15-10-14(16-3)7-8-14/h4-6,15H,7-10H2,1-3H3. The van der Waals surface area contributed by atoms with Crippen LogP contribution in [-0.4, -0.2) is 17.5 Å². The number of benzene rings is 1. The Bertz CT molecular complexity index is 349. The van der Waals surface area contributed by atoms with Crippen LogP contribution in [0.4, 0.5) is 0 Å². The zero-order valence-electron chi connectivity index (χ0n) is 10.5. The van der Waals surface area contributed by atoms with Crippen LogP contribution in [0.3, 0.4) is 0 Å². The van der Waals surface area contributed by atoms with Gasteiger partial charge in [0.2, 0.25) is 0 Å². The summed E-state index contributed by atoms with van der Waals surface area (Å²) in [7, 11) is 0. The van der Waals surface area contributed by atoms with Crippen molar-refractivity contribution < 1.29 is 0 Å². The lowest BCUT2D eigenvalue weighted by atomic mass is 10.0. The van der Waals surface area contributed by atoms with Gasteiger partial charge < -0.3 is 5.32 Å². The molecule has 1 aromatic carbocycles. The van der Waals surface area contributed by atoms with E-state index in [1.807, 2.05) is 11.8 Å². The van der Waals surface area contributed by atoms with E-state index in [4.69, 9.17) is 0 Å². The van der Waals surface area contributed by atoms with Gasteiger partial charge in [0.15, 0.2) is 0 Å². The molecule has 1 aliphatic rings. The summed E-state index contributed by atoms with van der Waals surface area (Å²) >= 11 is 2.02. The topological polar surface area (TPSA) is 12.0 Å². The van der Waals surface area contributed by atoms with Gasteiger partial charge in [-0.25, -0.2) is 0 Å². The number of rotatable bonds is 5. The molecule has 2 heteroatoms. The van der Waals surface area contributed by atoms with E-state index in [-0.39, 0.29) is 0 Å². The summed E-state index contributed by atoms with van der Waals surface area (Å²) in [4.78, 5) is 0. The van der Waals surface area contributed by atoms with Gasteiger partial charge in [0.05, 0.1) is 0 Å². The lowest BCUT2D eigenvalue weighted by Gasteiger charge is -2.15. The van der Waals surface area contributed by atoms with Crippen LogP contribution in [0.2, 0.25) is 0 Å². The summed E-state index contributed by atoms with van der Waals surface area (Å²) < 4.78 is 0.566. The molecule has 1 nitrogen and oxygen atoms in total. The van der Waals surface area contributed by atoms with E-state index in [0.29, 0.717) is 4.75 Å². The average molecular weight is 235 g/mol. The third-order valence-electron chi connectivity index (χ3n) is 3.63. The lowest BCUT2D eigenvalue weighted by molar-refractivity contribution is 0.659. The third-order valence-corrected chi connectivity index (χ3v) is 5.05. The Hall–Kier alpha value is -0.470. The van der Waals surface area contributed by atoms with E-state index >= 15 is 0 Å². The van der Waals surface area contributed by atoms with Crippen molar-refractivity contribution in [3.8, 4) is 0 Å². The molecular weight excluding hydrogens is 214 g/mol. The molecule has 1 fully saturated rings. The first-order valence-electron chi connectivity index (χ1n) is 5.98. The average Bonchev–Trinajstić information content (AvgIpc) is 3.03. The number of hydrogen-bond donors (Lipinski definition) is 1. The zero-order valence-corrected chi connectivity index (χ0v) is 11.3. The summed E-state index contributed by atoms with van der Waals surface area (Å²) in [5.74, 6) is 0. The quantitative estimate of drug-likeness (QED) is 0.840. The molecule has 2 rings (SSSR count). The minimum absolute atomic E-state index is 0.566. The molecular formula is C14H21NS. The summed E-state index contributed by atoms with van der Waals surface area (Å²) in [5, 5.41) is 3.62. The van der Waals surface area contributed by atoms with Crippen LogP contribution in [0.1, 0.15) is 29.5 Å². The minimum atomic E-state index is 0.566. The van der Waals surface area contributed by atoms with E-state index in [9.17, 15) is 0 Å². The Morgan fingerprint density at radius 3 is 2.38 bits per heavy atom. The van der Waals surface area contributed by atoms with Gasteiger partial charge in [0.1, 0.15) is 0 Å². The van der Waals surface area contributed by atoms with Gasteiger partial charge in [0, 0.05) is 17.8 Å². The highest BCUT2D eigenvalue weighted by molar-refractivity contribution is 8.00. The van der Waals surface area contributed by atoms with Crippen molar-refractivity contribution in [2.45, 2.75) is 38.0 Å². The summed E-state index contributed by atoms with van der Waals surface area (Å²) in [6, 6.07) is 6.54. The molecule has 0 spiro atoms. The van der Waals surface area contributed by atoms with Crippen LogP contribution in [0.15, 0.2) is 18.2 Å². The first kappa shape index (κ1) is 12.0. The predicted octanol–water partition coefficient (Wildman–Crippen LogP) is 3.29. The Kier molecular flexibility index (Phi) is 3.60. The van der Waals surface area contributed by atoms with Crippen LogP contribution in [0.5, 0.6) is 0 Å². The zero-order chi connectivity index (χ0) is 11.6. The van der Waals surface area contributed by atoms with Gasteiger partial charge >= 0.3 is 0 Å². The highest BCUT2D eigenvalue weighted by Crippen LogP contribution is 2.46. The largest absolute Gasteiger partial charge is 0.311 e. The SMILES string of the molecule is CSC1(CNCc2c(C)cccc2C)CC1. The maximum absolute atomic E-state index is 3.62. The molecule has 1 aliphatic carbocycles. The van der Waals surface area contributed by atoms with Crippen LogP contribution in [-0.2, 0) is 6.54 Å². The molecule has 88 valence electrons. The van der Waals surface area contributed by atoms with Crippen molar-refractivity contribution in [3.05, 3.63) is 34.9 Å². The van der Waals surface area contributed by atoms with Crippen molar-refractivity contribution >= 4 is 11.8 Å². The molecule has 0 atom stereocenters. The molecule has 0 bridgehead atoms. The van der Waals surface area contributed by atoms with Crippen molar-refractivity contribution in [1.82, 2.24) is 5.32 Å². The van der Waals surface area contributed by atoms with Crippen LogP contribution < -0.4 is 5.32 Å². The van der Waals surface area contributed by atoms with Crippen LogP contribution in [0.25, 0.3) is 0 Å². The summed E-state index contributed by atoms with van der Waals surface area (Å²) in [6.07, 6.45) is 5.00. The smallest absolute Gasteiger partial charge is 0.0282 e. The molecule has 16 heavy (non-hydrogen) atoms. The van der Waals surface area contributed by atoms with E-state index in [1.165, 1.54) is 29.5 Å². The first-order chi connectivity index (χ1) is 7.67. The molecule has 1 N–H and O–H groups in total. The van der Waals surface area contributed by atoms with Crippen molar-refractivity contribution in [3.63, 3.8) is 0 Å². The number of hydrogen-bond acceptors (Lipinski definition) is 2. The lowest BCUT2D eigenvalue weighted by Crippen LogP contribution is -2.26. The fourth-order valence-corrected chi connectivity index (χ4v) is 2.89. The molecule has 0 aromatic heterocycles. The minimum Gasteiger partial charge on any atom is -0.311 e. The molecule has 1 aromatic rings. The Balaban J connectivity index is 1.90. The number of aryl methyl sites for hydroxylation is 2. The van der Waals surface area contributed by atoms with E-state index in [1.54, 1.807) is 0 Å². The molecule has 0 amide bonds. The first-order valence-corrected chi connectivity index (χ1v) is 7.20. The van der Waals surface area contributed by atoms with Crippen LogP contribution >= 0.6 is 11.8 Å². The summed E-state index contributed by atoms with van der Waals surface area (Å²) in [5.41, 5.74) is 4.28. The van der Waals surface area contributed by atoms with Crippen LogP contribution in [0, 0.1) is 13.8 Å². The second-order valence-electron chi connectivity index (χ2n) is 4.86. The van der Waals surface area contributed by atoms with Gasteiger partial charge in [-0.05, 0) is 49.6 Å². The van der Waals surface area contributed by atoms with Gasteiger partial charge in [-0.15, -0.1) is 0 Å². The summed E-state index contributed by atoms with van der Waals surface area (Å²) in [6.45, 7) is 6.57. The van der Waals surface area contributed by atoms with Crippen molar-refractivity contribution in [1.29, 1.82) is 0 Å². The maximum atomic E-state index is 3.62.